The molecule has 0 saturated carbocycles. The van der Waals surface area contributed by atoms with E-state index in [4.69, 9.17) is 4.42 Å². The highest BCUT2D eigenvalue weighted by Crippen LogP contribution is 2.28. The molecule has 2 aromatic rings. The first-order valence-electron chi connectivity index (χ1n) is 6.99. The van der Waals surface area contributed by atoms with Crippen molar-refractivity contribution in [3.8, 4) is 10.8 Å². The molecule has 0 fully saturated rings. The standard InChI is InChI=1S/C14H20N2O3S2/c1-10(2)6-5-9-21(17,18)11(3)13-15-16-14(19-13)12-7-4-8-20-12/h4,7-8,10-11H,5-6,9H2,1-3H3/t11-/m1/s1. The molecule has 0 amide bonds. The van der Waals surface area contributed by atoms with Crippen LogP contribution in [-0.4, -0.2) is 24.4 Å². The zero-order valence-corrected chi connectivity index (χ0v) is 14.1. The van der Waals surface area contributed by atoms with Gasteiger partial charge in [-0.25, -0.2) is 8.42 Å². The molecule has 0 aliphatic heterocycles. The van der Waals surface area contributed by atoms with Crippen LogP contribution in [0.25, 0.3) is 10.8 Å². The van der Waals surface area contributed by atoms with Gasteiger partial charge in [0.2, 0.25) is 5.89 Å². The molecule has 0 saturated heterocycles. The smallest absolute Gasteiger partial charge is 0.257 e. The van der Waals surface area contributed by atoms with E-state index in [1.165, 1.54) is 11.3 Å². The second kappa shape index (κ2) is 6.70. The highest BCUT2D eigenvalue weighted by atomic mass is 32.2. The van der Waals surface area contributed by atoms with Gasteiger partial charge in [0.1, 0.15) is 5.25 Å². The lowest BCUT2D eigenvalue weighted by atomic mass is 10.1. The monoisotopic (exact) mass is 328 g/mol. The molecule has 2 aromatic heterocycles. The van der Waals surface area contributed by atoms with Crippen LogP contribution < -0.4 is 0 Å². The summed E-state index contributed by atoms with van der Waals surface area (Å²) in [6, 6.07) is 3.75. The average Bonchev–Trinajstić information content (AvgIpc) is 3.08. The Hall–Kier alpha value is -1.21. The zero-order valence-electron chi connectivity index (χ0n) is 12.4. The van der Waals surface area contributed by atoms with E-state index in [9.17, 15) is 8.42 Å². The first-order valence-corrected chi connectivity index (χ1v) is 9.58. The van der Waals surface area contributed by atoms with Gasteiger partial charge in [0.25, 0.3) is 5.89 Å². The Kier molecular flexibility index (Phi) is 5.16. The molecule has 0 aliphatic rings. The fourth-order valence-electron chi connectivity index (χ4n) is 1.92. The SMILES string of the molecule is CC(C)CCCS(=O)(=O)[C@H](C)c1nnc(-c2cccs2)o1. The predicted molar refractivity (Wildman–Crippen MR) is 83.9 cm³/mol. The third kappa shape index (κ3) is 4.14. The van der Waals surface area contributed by atoms with Crippen LogP contribution in [0, 0.1) is 5.92 Å². The van der Waals surface area contributed by atoms with Crippen LogP contribution in [0.3, 0.4) is 0 Å². The molecule has 1 atom stereocenters. The van der Waals surface area contributed by atoms with E-state index < -0.39 is 15.1 Å². The van der Waals surface area contributed by atoms with Gasteiger partial charge in [0, 0.05) is 0 Å². The maximum Gasteiger partial charge on any atom is 0.257 e. The molecule has 0 spiro atoms. The molecule has 5 nitrogen and oxygen atoms in total. The Morgan fingerprint density at radius 3 is 2.67 bits per heavy atom. The lowest BCUT2D eigenvalue weighted by Crippen LogP contribution is -2.15. The zero-order chi connectivity index (χ0) is 15.5. The molecule has 0 unspecified atom stereocenters. The lowest BCUT2D eigenvalue weighted by molar-refractivity contribution is 0.493. The number of hydrogen-bond acceptors (Lipinski definition) is 6. The van der Waals surface area contributed by atoms with Crippen LogP contribution in [0.4, 0.5) is 0 Å². The molecule has 0 bridgehead atoms. The maximum absolute atomic E-state index is 12.3. The highest BCUT2D eigenvalue weighted by Gasteiger charge is 2.27. The predicted octanol–water partition coefficient (Wildman–Crippen LogP) is 3.71. The van der Waals surface area contributed by atoms with Crippen molar-refractivity contribution in [3.05, 3.63) is 23.4 Å². The lowest BCUT2D eigenvalue weighted by Gasteiger charge is -2.09. The molecular weight excluding hydrogens is 308 g/mol. The van der Waals surface area contributed by atoms with E-state index in [-0.39, 0.29) is 11.6 Å². The molecule has 0 aromatic carbocycles. The molecular formula is C14H20N2O3S2. The fourth-order valence-corrected chi connectivity index (χ4v) is 3.89. The van der Waals surface area contributed by atoms with E-state index in [2.05, 4.69) is 24.0 Å². The Morgan fingerprint density at radius 1 is 1.29 bits per heavy atom. The number of aromatic nitrogens is 2. The van der Waals surface area contributed by atoms with E-state index in [0.29, 0.717) is 18.2 Å². The van der Waals surface area contributed by atoms with Crippen molar-refractivity contribution in [1.82, 2.24) is 10.2 Å². The number of sulfone groups is 1. The van der Waals surface area contributed by atoms with Crippen molar-refractivity contribution < 1.29 is 12.8 Å². The van der Waals surface area contributed by atoms with Gasteiger partial charge >= 0.3 is 0 Å². The minimum absolute atomic E-state index is 0.156. The molecule has 2 heterocycles. The highest BCUT2D eigenvalue weighted by molar-refractivity contribution is 7.91. The number of thiophene rings is 1. The van der Waals surface area contributed by atoms with Gasteiger partial charge in [0.05, 0.1) is 10.6 Å². The number of rotatable bonds is 7. The first kappa shape index (κ1) is 16.2. The third-order valence-corrected chi connectivity index (χ3v) is 6.26. The summed E-state index contributed by atoms with van der Waals surface area (Å²) in [4.78, 5) is 0.846. The largest absolute Gasteiger partial charge is 0.419 e. The maximum atomic E-state index is 12.3. The summed E-state index contributed by atoms with van der Waals surface area (Å²) in [6.45, 7) is 5.78. The fraction of sp³-hybridized carbons (Fsp3) is 0.571. The van der Waals surface area contributed by atoms with Gasteiger partial charge in [-0.05, 0) is 30.7 Å². The summed E-state index contributed by atoms with van der Waals surface area (Å²) in [6.07, 6.45) is 1.56. The van der Waals surface area contributed by atoms with Crippen molar-refractivity contribution in [2.75, 3.05) is 5.75 Å². The van der Waals surface area contributed by atoms with Gasteiger partial charge in [-0.2, -0.15) is 0 Å². The quantitative estimate of drug-likeness (QED) is 0.774. The second-order valence-electron chi connectivity index (χ2n) is 5.47. The Morgan fingerprint density at radius 2 is 2.05 bits per heavy atom. The van der Waals surface area contributed by atoms with Gasteiger partial charge in [0.15, 0.2) is 9.84 Å². The summed E-state index contributed by atoms with van der Waals surface area (Å²) in [5.41, 5.74) is 0. The van der Waals surface area contributed by atoms with Crippen molar-refractivity contribution >= 4 is 21.2 Å². The molecule has 21 heavy (non-hydrogen) atoms. The number of hydrogen-bond donors (Lipinski definition) is 0. The van der Waals surface area contributed by atoms with Crippen LogP contribution in [0.15, 0.2) is 21.9 Å². The Labute approximate surface area is 129 Å². The van der Waals surface area contributed by atoms with Gasteiger partial charge in [-0.1, -0.05) is 26.3 Å². The second-order valence-corrected chi connectivity index (χ2v) is 8.86. The minimum Gasteiger partial charge on any atom is -0.419 e. The molecule has 116 valence electrons. The Bertz CT molecular complexity index is 660. The van der Waals surface area contributed by atoms with E-state index in [1.54, 1.807) is 6.92 Å². The van der Waals surface area contributed by atoms with Crippen molar-refractivity contribution in [2.45, 2.75) is 38.9 Å². The molecule has 0 aliphatic carbocycles. The van der Waals surface area contributed by atoms with E-state index in [0.717, 1.165) is 11.3 Å². The van der Waals surface area contributed by atoms with Crippen LogP contribution in [-0.2, 0) is 9.84 Å². The van der Waals surface area contributed by atoms with E-state index in [1.807, 2.05) is 17.5 Å². The summed E-state index contributed by atoms with van der Waals surface area (Å²) < 4.78 is 30.1. The normalized spacial score (nSPS) is 13.7. The van der Waals surface area contributed by atoms with Crippen LogP contribution in [0.5, 0.6) is 0 Å². The summed E-state index contributed by atoms with van der Waals surface area (Å²) in [5.74, 6) is 1.21. The van der Waals surface area contributed by atoms with Crippen molar-refractivity contribution in [1.29, 1.82) is 0 Å². The molecule has 2 rings (SSSR count). The minimum atomic E-state index is -3.26. The molecule has 0 radical (unpaired) electrons. The summed E-state index contributed by atoms with van der Waals surface area (Å²) in [7, 11) is -3.26. The molecule has 0 N–H and O–H groups in total. The van der Waals surface area contributed by atoms with Crippen molar-refractivity contribution in [3.63, 3.8) is 0 Å². The molecule has 7 heteroatoms. The topological polar surface area (TPSA) is 73.1 Å². The average molecular weight is 328 g/mol. The first-order chi connectivity index (χ1) is 9.90. The Balaban J connectivity index is 2.07. The third-order valence-electron chi connectivity index (χ3n) is 3.27. The van der Waals surface area contributed by atoms with Crippen LogP contribution in [0.2, 0.25) is 0 Å². The number of nitrogens with zero attached hydrogens (tertiary/aromatic N) is 2. The van der Waals surface area contributed by atoms with Gasteiger partial charge < -0.3 is 4.42 Å². The summed E-state index contributed by atoms with van der Waals surface area (Å²) >= 11 is 1.48. The summed E-state index contributed by atoms with van der Waals surface area (Å²) in [5, 5.41) is 8.97. The van der Waals surface area contributed by atoms with Gasteiger partial charge in [-0.15, -0.1) is 21.5 Å². The van der Waals surface area contributed by atoms with Crippen LogP contribution in [0.1, 0.15) is 44.8 Å². The van der Waals surface area contributed by atoms with Gasteiger partial charge in [-0.3, -0.25) is 0 Å². The van der Waals surface area contributed by atoms with Crippen LogP contribution >= 0.6 is 11.3 Å². The van der Waals surface area contributed by atoms with Crippen molar-refractivity contribution in [2.24, 2.45) is 5.92 Å². The van der Waals surface area contributed by atoms with E-state index >= 15 is 0 Å².